The van der Waals surface area contributed by atoms with Crippen LogP contribution in [0.25, 0.3) is 0 Å². The van der Waals surface area contributed by atoms with E-state index in [4.69, 9.17) is 4.74 Å². The lowest BCUT2D eigenvalue weighted by molar-refractivity contribution is -0.122. The van der Waals surface area contributed by atoms with Gasteiger partial charge >= 0.3 is 0 Å². The molecule has 1 aromatic carbocycles. The molecular formula is C16H18N4O3S2. The lowest BCUT2D eigenvalue weighted by atomic mass is 10.1. The molecule has 2 amide bonds. The Labute approximate surface area is 153 Å². The fraction of sp³-hybridized carbons (Fsp3) is 0.375. The third-order valence-electron chi connectivity index (χ3n) is 3.78. The first-order valence-electron chi connectivity index (χ1n) is 7.82. The van der Waals surface area contributed by atoms with E-state index in [1.165, 1.54) is 11.3 Å². The molecule has 1 aromatic heterocycles. The second-order valence-corrected chi connectivity index (χ2v) is 7.89. The molecule has 0 unspecified atom stereocenters. The van der Waals surface area contributed by atoms with Gasteiger partial charge in [-0.15, -0.1) is 10.2 Å². The first-order valence-corrected chi connectivity index (χ1v) is 9.62. The van der Waals surface area contributed by atoms with Crippen molar-refractivity contribution in [1.29, 1.82) is 0 Å². The summed E-state index contributed by atoms with van der Waals surface area (Å²) < 4.78 is 5.94. The van der Waals surface area contributed by atoms with Crippen molar-refractivity contribution < 1.29 is 14.3 Å². The highest BCUT2D eigenvalue weighted by Crippen LogP contribution is 2.29. The van der Waals surface area contributed by atoms with Crippen molar-refractivity contribution in [3.05, 3.63) is 24.3 Å². The Kier molecular flexibility index (Phi) is 5.54. The van der Waals surface area contributed by atoms with Crippen molar-refractivity contribution in [2.24, 2.45) is 5.92 Å². The molecule has 0 aliphatic carbocycles. The van der Waals surface area contributed by atoms with Gasteiger partial charge in [0.1, 0.15) is 5.75 Å². The highest BCUT2D eigenvalue weighted by atomic mass is 32.2. The molecule has 1 N–H and O–H groups in total. The van der Waals surface area contributed by atoms with Crippen LogP contribution in [0.5, 0.6) is 5.75 Å². The number of thioether (sulfide) groups is 1. The van der Waals surface area contributed by atoms with Crippen molar-refractivity contribution >= 4 is 45.7 Å². The van der Waals surface area contributed by atoms with Crippen LogP contribution in [-0.2, 0) is 9.59 Å². The smallest absolute Gasteiger partial charge is 0.231 e. The number of nitrogens with one attached hydrogen (secondary N) is 1. The molecule has 1 fully saturated rings. The van der Waals surface area contributed by atoms with Crippen LogP contribution in [0, 0.1) is 5.92 Å². The molecule has 0 radical (unpaired) electrons. The predicted octanol–water partition coefficient (Wildman–Crippen LogP) is 2.65. The van der Waals surface area contributed by atoms with Crippen LogP contribution in [0.1, 0.15) is 13.3 Å². The molecule has 1 saturated heterocycles. The molecular weight excluding hydrogens is 360 g/mol. The van der Waals surface area contributed by atoms with Gasteiger partial charge < -0.3 is 15.0 Å². The summed E-state index contributed by atoms with van der Waals surface area (Å²) in [6.07, 6.45) is 0.188. The topological polar surface area (TPSA) is 84.4 Å². The summed E-state index contributed by atoms with van der Waals surface area (Å²) in [6, 6.07) is 7.22. The largest absolute Gasteiger partial charge is 0.497 e. The Balaban J connectivity index is 1.63. The quantitative estimate of drug-likeness (QED) is 0.614. The first-order chi connectivity index (χ1) is 12.1. The zero-order valence-corrected chi connectivity index (χ0v) is 15.5. The Morgan fingerprint density at radius 1 is 1.40 bits per heavy atom. The second-order valence-electron chi connectivity index (χ2n) is 5.40. The van der Waals surface area contributed by atoms with Gasteiger partial charge in [0.25, 0.3) is 0 Å². The first kappa shape index (κ1) is 17.7. The van der Waals surface area contributed by atoms with Crippen LogP contribution >= 0.6 is 23.1 Å². The number of benzene rings is 1. The number of hydrogen-bond acceptors (Lipinski definition) is 7. The second kappa shape index (κ2) is 7.83. The van der Waals surface area contributed by atoms with E-state index in [0.717, 1.165) is 21.5 Å². The van der Waals surface area contributed by atoms with Crippen LogP contribution in [0.3, 0.4) is 0 Å². The number of ether oxygens (including phenoxy) is 1. The van der Waals surface area contributed by atoms with Gasteiger partial charge in [-0.3, -0.25) is 9.59 Å². The molecule has 25 heavy (non-hydrogen) atoms. The van der Waals surface area contributed by atoms with E-state index < -0.39 is 5.92 Å². The minimum atomic E-state index is -0.402. The lowest BCUT2D eigenvalue weighted by Gasteiger charge is -2.16. The highest BCUT2D eigenvalue weighted by Gasteiger charge is 2.35. The number of aromatic nitrogens is 2. The summed E-state index contributed by atoms with van der Waals surface area (Å²) >= 11 is 2.92. The van der Waals surface area contributed by atoms with Gasteiger partial charge in [-0.05, 0) is 30.0 Å². The number of nitrogens with zero attached hydrogens (tertiary/aromatic N) is 3. The molecule has 0 saturated carbocycles. The fourth-order valence-electron chi connectivity index (χ4n) is 2.54. The van der Waals surface area contributed by atoms with Gasteiger partial charge in [-0.1, -0.05) is 30.0 Å². The number of carbonyl (C=O) groups is 2. The standard InChI is InChI=1S/C16H18N4O3S2/c1-3-24-16-19-18-15(25-16)17-14(22)10-8-13(21)20(9-10)11-4-6-12(23-2)7-5-11/h4-7,10H,3,8-9H2,1-2H3,(H,17,18,22)/t10-/m1/s1. The number of amides is 2. The molecule has 132 valence electrons. The maximum Gasteiger partial charge on any atom is 0.231 e. The molecule has 0 spiro atoms. The Morgan fingerprint density at radius 3 is 2.84 bits per heavy atom. The van der Waals surface area contributed by atoms with Crippen LogP contribution in [0.2, 0.25) is 0 Å². The molecule has 3 rings (SSSR count). The molecule has 1 atom stereocenters. The maximum absolute atomic E-state index is 12.4. The molecule has 7 nitrogen and oxygen atoms in total. The van der Waals surface area contributed by atoms with Crippen molar-refractivity contribution in [3.8, 4) is 5.75 Å². The van der Waals surface area contributed by atoms with Crippen molar-refractivity contribution in [3.63, 3.8) is 0 Å². The fourth-order valence-corrected chi connectivity index (χ4v) is 4.20. The predicted molar refractivity (Wildman–Crippen MR) is 98.4 cm³/mol. The van der Waals surface area contributed by atoms with Crippen LogP contribution in [-0.4, -0.2) is 41.4 Å². The Hall–Kier alpha value is -2.13. The minimum Gasteiger partial charge on any atom is -0.497 e. The van der Waals surface area contributed by atoms with Gasteiger partial charge in [0.15, 0.2) is 4.34 Å². The average Bonchev–Trinajstić information content (AvgIpc) is 3.22. The van der Waals surface area contributed by atoms with E-state index >= 15 is 0 Å². The molecule has 9 heteroatoms. The summed E-state index contributed by atoms with van der Waals surface area (Å²) in [5.74, 6) is 0.956. The highest BCUT2D eigenvalue weighted by molar-refractivity contribution is 8.01. The van der Waals surface area contributed by atoms with E-state index in [1.54, 1.807) is 35.9 Å². The number of anilines is 2. The Bertz CT molecular complexity index is 763. The minimum absolute atomic E-state index is 0.0650. The monoisotopic (exact) mass is 378 g/mol. The maximum atomic E-state index is 12.4. The van der Waals surface area contributed by atoms with E-state index in [0.29, 0.717) is 11.7 Å². The molecule has 1 aliphatic rings. The number of carbonyl (C=O) groups excluding carboxylic acids is 2. The summed E-state index contributed by atoms with van der Waals surface area (Å²) in [4.78, 5) is 26.3. The third-order valence-corrected chi connectivity index (χ3v) is 5.64. The van der Waals surface area contributed by atoms with E-state index in [-0.39, 0.29) is 18.2 Å². The van der Waals surface area contributed by atoms with Crippen molar-refractivity contribution in [2.75, 3.05) is 29.6 Å². The van der Waals surface area contributed by atoms with Gasteiger partial charge in [0, 0.05) is 18.7 Å². The third kappa shape index (κ3) is 4.10. The average molecular weight is 378 g/mol. The molecule has 2 heterocycles. The van der Waals surface area contributed by atoms with Crippen molar-refractivity contribution in [1.82, 2.24) is 10.2 Å². The van der Waals surface area contributed by atoms with Gasteiger partial charge in [0.2, 0.25) is 16.9 Å². The zero-order chi connectivity index (χ0) is 17.8. The summed E-state index contributed by atoms with van der Waals surface area (Å²) in [6.45, 7) is 2.38. The van der Waals surface area contributed by atoms with Gasteiger partial charge in [-0.2, -0.15) is 0 Å². The van der Waals surface area contributed by atoms with Gasteiger partial charge in [-0.25, -0.2) is 0 Å². The van der Waals surface area contributed by atoms with Crippen LogP contribution in [0.4, 0.5) is 10.8 Å². The number of hydrogen-bond donors (Lipinski definition) is 1. The number of methoxy groups -OCH3 is 1. The van der Waals surface area contributed by atoms with E-state index in [9.17, 15) is 9.59 Å². The normalized spacial score (nSPS) is 17.0. The van der Waals surface area contributed by atoms with E-state index in [1.807, 2.05) is 19.1 Å². The zero-order valence-electron chi connectivity index (χ0n) is 13.9. The summed E-state index contributed by atoms with van der Waals surface area (Å²) in [5.41, 5.74) is 0.763. The molecule has 0 bridgehead atoms. The van der Waals surface area contributed by atoms with E-state index in [2.05, 4.69) is 15.5 Å². The van der Waals surface area contributed by atoms with Gasteiger partial charge in [0.05, 0.1) is 13.0 Å². The molecule has 1 aliphatic heterocycles. The summed E-state index contributed by atoms with van der Waals surface area (Å²) in [7, 11) is 1.59. The van der Waals surface area contributed by atoms with Crippen LogP contribution in [0.15, 0.2) is 28.6 Å². The number of rotatable bonds is 6. The summed E-state index contributed by atoms with van der Waals surface area (Å²) in [5, 5.41) is 11.2. The SMILES string of the molecule is CCSc1nnc(NC(=O)[C@@H]2CC(=O)N(c3ccc(OC)cc3)C2)s1. The Morgan fingerprint density at radius 2 is 2.16 bits per heavy atom. The molecule has 2 aromatic rings. The lowest BCUT2D eigenvalue weighted by Crippen LogP contribution is -2.28. The van der Waals surface area contributed by atoms with Crippen LogP contribution < -0.4 is 15.0 Å². The van der Waals surface area contributed by atoms with Crippen molar-refractivity contribution in [2.45, 2.75) is 17.7 Å².